The molecule has 0 aliphatic carbocycles. The maximum Gasteiger partial charge on any atom is 0.295 e. The number of amides is 1. The summed E-state index contributed by atoms with van der Waals surface area (Å²) in [6.07, 6.45) is 4.10. The monoisotopic (exact) mass is 409 g/mol. The van der Waals surface area contributed by atoms with Crippen molar-refractivity contribution in [3.63, 3.8) is 0 Å². The smallest absolute Gasteiger partial charge is 0.295 e. The summed E-state index contributed by atoms with van der Waals surface area (Å²) < 4.78 is 5.64. The third-order valence-electron chi connectivity index (χ3n) is 4.91. The molecule has 1 aliphatic rings. The van der Waals surface area contributed by atoms with Gasteiger partial charge in [0, 0.05) is 31.0 Å². The number of carbonyl (C=O) groups excluding carboxylic acids is 2. The Morgan fingerprint density at radius 1 is 1.23 bits per heavy atom. The molecular weight excluding hydrogens is 382 g/mol. The number of aromatic nitrogens is 1. The van der Waals surface area contributed by atoms with Crippen LogP contribution in [0, 0.1) is 0 Å². The summed E-state index contributed by atoms with van der Waals surface area (Å²) in [7, 11) is 3.80. The van der Waals surface area contributed by atoms with E-state index in [1.807, 2.05) is 25.9 Å². The molecule has 1 atom stereocenters. The first-order valence-electron chi connectivity index (χ1n) is 10.00. The lowest BCUT2D eigenvalue weighted by Crippen LogP contribution is -2.35. The molecule has 1 unspecified atom stereocenters. The van der Waals surface area contributed by atoms with Gasteiger partial charge >= 0.3 is 0 Å². The Morgan fingerprint density at radius 2 is 2.03 bits per heavy atom. The minimum Gasteiger partial charge on any atom is -0.507 e. The molecule has 2 heterocycles. The van der Waals surface area contributed by atoms with Crippen LogP contribution in [0.25, 0.3) is 5.76 Å². The number of ketones is 1. The minimum atomic E-state index is -0.695. The van der Waals surface area contributed by atoms with Gasteiger partial charge in [-0.2, -0.15) is 0 Å². The first-order chi connectivity index (χ1) is 14.4. The fourth-order valence-electron chi connectivity index (χ4n) is 3.41. The Balaban J connectivity index is 2.07. The van der Waals surface area contributed by atoms with Crippen molar-refractivity contribution < 1.29 is 19.4 Å². The maximum atomic E-state index is 12.9. The lowest BCUT2D eigenvalue weighted by Gasteiger charge is -2.26. The van der Waals surface area contributed by atoms with Gasteiger partial charge in [-0.1, -0.05) is 25.1 Å². The van der Waals surface area contributed by atoms with Crippen LogP contribution in [0.3, 0.4) is 0 Å². The summed E-state index contributed by atoms with van der Waals surface area (Å²) in [6.45, 7) is 3.50. The van der Waals surface area contributed by atoms with Gasteiger partial charge in [-0.3, -0.25) is 14.6 Å². The van der Waals surface area contributed by atoms with Gasteiger partial charge in [0.2, 0.25) is 0 Å². The predicted molar refractivity (Wildman–Crippen MR) is 114 cm³/mol. The first-order valence-corrected chi connectivity index (χ1v) is 10.00. The van der Waals surface area contributed by atoms with Gasteiger partial charge in [-0.05, 0) is 44.3 Å². The largest absolute Gasteiger partial charge is 0.507 e. The summed E-state index contributed by atoms with van der Waals surface area (Å²) in [5.74, 6) is -0.928. The topological polar surface area (TPSA) is 83.0 Å². The van der Waals surface area contributed by atoms with E-state index in [9.17, 15) is 14.7 Å². The Labute approximate surface area is 176 Å². The second-order valence-electron chi connectivity index (χ2n) is 7.46. The second kappa shape index (κ2) is 9.54. The molecule has 0 bridgehead atoms. The van der Waals surface area contributed by atoms with Crippen LogP contribution in [0.2, 0.25) is 0 Å². The van der Waals surface area contributed by atoms with Crippen molar-refractivity contribution in [2.75, 3.05) is 33.8 Å². The summed E-state index contributed by atoms with van der Waals surface area (Å²) in [5.41, 5.74) is 1.18. The van der Waals surface area contributed by atoms with Crippen LogP contribution < -0.4 is 4.74 Å². The molecule has 0 radical (unpaired) electrons. The van der Waals surface area contributed by atoms with E-state index in [1.54, 1.807) is 48.8 Å². The standard InChI is InChI=1S/C23H27N3O4/c1-4-13-30-18-9-5-7-16(14-18)21(27)19-20(17-8-6-10-24-15-17)26(12-11-25(2)3)23(29)22(19)28/h5-10,14-15,20,27H,4,11-13H2,1-3H3/b21-19+. The van der Waals surface area contributed by atoms with Crippen molar-refractivity contribution in [3.05, 3.63) is 65.5 Å². The number of hydrogen-bond donors (Lipinski definition) is 1. The van der Waals surface area contributed by atoms with Gasteiger partial charge < -0.3 is 19.6 Å². The van der Waals surface area contributed by atoms with Crippen LogP contribution in [0.5, 0.6) is 5.75 Å². The molecule has 1 fully saturated rings. The molecule has 1 aromatic carbocycles. The average molecular weight is 409 g/mol. The molecule has 1 saturated heterocycles. The summed E-state index contributed by atoms with van der Waals surface area (Å²) in [5, 5.41) is 11.1. The van der Waals surface area contributed by atoms with E-state index in [0.29, 0.717) is 36.6 Å². The Bertz CT molecular complexity index is 940. The zero-order chi connectivity index (χ0) is 21.7. The highest BCUT2D eigenvalue weighted by atomic mass is 16.5. The highest BCUT2D eigenvalue weighted by Gasteiger charge is 2.46. The fraction of sp³-hybridized carbons (Fsp3) is 0.348. The Hall–Kier alpha value is -3.19. The Morgan fingerprint density at radius 3 is 2.70 bits per heavy atom. The normalized spacial score (nSPS) is 18.3. The van der Waals surface area contributed by atoms with Crippen LogP contribution in [-0.4, -0.2) is 65.4 Å². The van der Waals surface area contributed by atoms with Crippen LogP contribution in [-0.2, 0) is 9.59 Å². The molecule has 1 N–H and O–H groups in total. The third kappa shape index (κ3) is 4.52. The van der Waals surface area contributed by atoms with Gasteiger partial charge in [0.15, 0.2) is 0 Å². The number of aliphatic hydroxyl groups excluding tert-OH is 1. The van der Waals surface area contributed by atoms with E-state index < -0.39 is 17.7 Å². The van der Waals surface area contributed by atoms with Crippen molar-refractivity contribution in [2.24, 2.45) is 0 Å². The molecule has 30 heavy (non-hydrogen) atoms. The molecule has 158 valence electrons. The van der Waals surface area contributed by atoms with Crippen molar-refractivity contribution in [2.45, 2.75) is 19.4 Å². The number of hydrogen-bond acceptors (Lipinski definition) is 6. The van der Waals surface area contributed by atoms with E-state index in [4.69, 9.17) is 4.74 Å². The number of ether oxygens (including phenoxy) is 1. The highest BCUT2D eigenvalue weighted by molar-refractivity contribution is 6.46. The molecule has 7 nitrogen and oxygen atoms in total. The van der Waals surface area contributed by atoms with Gasteiger partial charge in [0.25, 0.3) is 11.7 Å². The van der Waals surface area contributed by atoms with Gasteiger partial charge in [-0.15, -0.1) is 0 Å². The average Bonchev–Trinajstić information content (AvgIpc) is 3.01. The molecule has 2 aromatic rings. The summed E-state index contributed by atoms with van der Waals surface area (Å²) in [6, 6.07) is 9.78. The van der Waals surface area contributed by atoms with E-state index in [1.165, 1.54) is 4.90 Å². The first kappa shape index (κ1) is 21.5. The van der Waals surface area contributed by atoms with Crippen molar-refractivity contribution in [3.8, 4) is 5.75 Å². The number of benzene rings is 1. The number of likely N-dealkylation sites (tertiary alicyclic amines) is 1. The lowest BCUT2D eigenvalue weighted by atomic mass is 9.96. The number of likely N-dealkylation sites (N-methyl/N-ethyl adjacent to an activating group) is 1. The highest BCUT2D eigenvalue weighted by Crippen LogP contribution is 2.39. The molecule has 1 amide bonds. The zero-order valence-electron chi connectivity index (χ0n) is 17.5. The molecule has 7 heteroatoms. The van der Waals surface area contributed by atoms with Gasteiger partial charge in [-0.25, -0.2) is 0 Å². The van der Waals surface area contributed by atoms with E-state index >= 15 is 0 Å². The number of aliphatic hydroxyl groups is 1. The van der Waals surface area contributed by atoms with E-state index in [2.05, 4.69) is 4.98 Å². The van der Waals surface area contributed by atoms with E-state index in [-0.39, 0.29) is 11.3 Å². The molecule has 1 aliphatic heterocycles. The zero-order valence-corrected chi connectivity index (χ0v) is 17.5. The van der Waals surface area contributed by atoms with Crippen molar-refractivity contribution in [1.82, 2.24) is 14.8 Å². The second-order valence-corrected chi connectivity index (χ2v) is 7.46. The molecule has 0 saturated carbocycles. The van der Waals surface area contributed by atoms with Crippen LogP contribution in [0.15, 0.2) is 54.4 Å². The maximum absolute atomic E-state index is 12.9. The summed E-state index contributed by atoms with van der Waals surface area (Å²) in [4.78, 5) is 33.3. The van der Waals surface area contributed by atoms with Crippen LogP contribution in [0.4, 0.5) is 0 Å². The SMILES string of the molecule is CCCOc1cccc(/C(O)=C2\C(=O)C(=O)N(CCN(C)C)C2c2cccnc2)c1. The molecule has 0 spiro atoms. The van der Waals surface area contributed by atoms with Crippen molar-refractivity contribution in [1.29, 1.82) is 0 Å². The quantitative estimate of drug-likeness (QED) is 0.410. The van der Waals surface area contributed by atoms with Crippen molar-refractivity contribution >= 4 is 17.4 Å². The lowest BCUT2D eigenvalue weighted by molar-refractivity contribution is -0.140. The van der Waals surface area contributed by atoms with Crippen LogP contribution in [0.1, 0.15) is 30.5 Å². The minimum absolute atomic E-state index is 0.0689. The number of rotatable bonds is 8. The predicted octanol–water partition coefficient (Wildman–Crippen LogP) is 2.85. The van der Waals surface area contributed by atoms with Crippen LogP contribution >= 0.6 is 0 Å². The number of pyridine rings is 1. The molecule has 1 aromatic heterocycles. The number of carbonyl (C=O) groups is 2. The van der Waals surface area contributed by atoms with Gasteiger partial charge in [0.05, 0.1) is 18.2 Å². The number of Topliss-reactive ketones (excluding diaryl/α,β-unsaturated/α-hetero) is 1. The third-order valence-corrected chi connectivity index (χ3v) is 4.91. The Kier molecular flexibility index (Phi) is 6.84. The molecule has 3 rings (SSSR count). The molecular formula is C23H27N3O4. The van der Waals surface area contributed by atoms with E-state index in [0.717, 1.165) is 6.42 Å². The number of nitrogens with zero attached hydrogens (tertiary/aromatic N) is 3. The van der Waals surface area contributed by atoms with Gasteiger partial charge in [0.1, 0.15) is 11.5 Å². The fourth-order valence-corrected chi connectivity index (χ4v) is 3.41. The summed E-state index contributed by atoms with van der Waals surface area (Å²) >= 11 is 0.